The van der Waals surface area contributed by atoms with Crippen LogP contribution in [0.15, 0.2) is 54.1 Å². The molecule has 0 atom stereocenters. The van der Waals surface area contributed by atoms with Crippen molar-refractivity contribution < 1.29 is 38.4 Å². The highest BCUT2D eigenvalue weighted by atomic mass is 16.7. The molecule has 0 heterocycles. The van der Waals surface area contributed by atoms with E-state index < -0.39 is 23.9 Å². The first kappa shape index (κ1) is 24.9. The Kier molecular flexibility index (Phi) is 9.46. The first-order valence-corrected chi connectivity index (χ1v) is 10.1. The highest BCUT2D eigenvalue weighted by Gasteiger charge is 2.21. The van der Waals surface area contributed by atoms with E-state index in [0.717, 1.165) is 5.56 Å². The second kappa shape index (κ2) is 12.5. The number of benzene rings is 2. The Bertz CT molecular complexity index is 1070. The van der Waals surface area contributed by atoms with Crippen molar-refractivity contribution in [1.82, 2.24) is 0 Å². The van der Waals surface area contributed by atoms with Gasteiger partial charge in [-0.15, -0.1) is 0 Å². The molecular weight excluding hydrogens is 430 g/mol. The Hall–Kier alpha value is -4.32. The molecule has 0 aliphatic carbocycles. The number of carboxylic acids is 1. The van der Waals surface area contributed by atoms with Crippen LogP contribution in [0, 0.1) is 11.3 Å². The summed E-state index contributed by atoms with van der Waals surface area (Å²) in [5.41, 5.74) is 1.03. The third-order valence-corrected chi connectivity index (χ3v) is 4.34. The maximum atomic E-state index is 11.9. The van der Waals surface area contributed by atoms with Gasteiger partial charge in [0.1, 0.15) is 11.6 Å². The number of carbonyl (C=O) groups is 3. The second-order valence-corrected chi connectivity index (χ2v) is 6.49. The number of ether oxygens (including phenoxy) is 4. The van der Waals surface area contributed by atoms with Gasteiger partial charge in [0.15, 0.2) is 11.5 Å². The average molecular weight is 453 g/mol. The van der Waals surface area contributed by atoms with Gasteiger partial charge in [0.25, 0.3) is 0 Å². The monoisotopic (exact) mass is 453 g/mol. The quantitative estimate of drug-likeness (QED) is 0.247. The van der Waals surface area contributed by atoms with Gasteiger partial charge < -0.3 is 24.1 Å². The zero-order chi connectivity index (χ0) is 24.2. The molecule has 0 spiro atoms. The molecule has 0 fully saturated rings. The van der Waals surface area contributed by atoms with E-state index in [1.165, 1.54) is 18.2 Å². The van der Waals surface area contributed by atoms with Crippen molar-refractivity contribution in [3.63, 3.8) is 0 Å². The number of nitriles is 1. The summed E-state index contributed by atoms with van der Waals surface area (Å²) in [5, 5.41) is 19.0. The lowest BCUT2D eigenvalue weighted by Crippen LogP contribution is -2.14. The molecule has 1 N–H and O–H groups in total. The Labute approximate surface area is 190 Å². The summed E-state index contributed by atoms with van der Waals surface area (Å²) in [6.45, 7) is 3.30. The van der Waals surface area contributed by atoms with Crippen molar-refractivity contribution in [2.24, 2.45) is 0 Å². The minimum Gasteiger partial charge on any atom is -0.477 e. The van der Waals surface area contributed by atoms with Crippen LogP contribution in [0.2, 0.25) is 0 Å². The van der Waals surface area contributed by atoms with Crippen molar-refractivity contribution in [2.75, 3.05) is 13.2 Å². The summed E-state index contributed by atoms with van der Waals surface area (Å²) in [7, 11) is 0. The fourth-order valence-electron chi connectivity index (χ4n) is 2.91. The van der Waals surface area contributed by atoms with Gasteiger partial charge in [-0.3, -0.25) is 0 Å². The van der Waals surface area contributed by atoms with Crippen molar-refractivity contribution >= 4 is 23.9 Å². The lowest BCUT2D eigenvalue weighted by Gasteiger charge is -2.14. The second-order valence-electron chi connectivity index (χ2n) is 6.49. The van der Waals surface area contributed by atoms with Crippen molar-refractivity contribution in [3.8, 4) is 17.6 Å². The maximum Gasteiger partial charge on any atom is 0.513 e. The predicted molar refractivity (Wildman–Crippen MR) is 117 cm³/mol. The lowest BCUT2D eigenvalue weighted by atomic mass is 9.93. The first-order valence-electron chi connectivity index (χ1n) is 10.1. The van der Waals surface area contributed by atoms with Crippen molar-refractivity contribution in [2.45, 2.75) is 26.7 Å². The number of carbonyl (C=O) groups excluding carboxylic acids is 2. The Balaban J connectivity index is 2.50. The normalized spacial score (nSPS) is 10.9. The largest absolute Gasteiger partial charge is 0.513 e. The van der Waals surface area contributed by atoms with E-state index in [4.69, 9.17) is 18.9 Å². The molecule has 9 heteroatoms. The van der Waals surface area contributed by atoms with Crippen LogP contribution in [-0.4, -0.2) is 36.6 Å². The number of allylic oxidation sites excluding steroid dienone is 1. The molecule has 172 valence electrons. The van der Waals surface area contributed by atoms with E-state index in [2.05, 4.69) is 0 Å². The molecule has 0 aliphatic heterocycles. The highest BCUT2D eigenvalue weighted by Crippen LogP contribution is 2.34. The summed E-state index contributed by atoms with van der Waals surface area (Å²) in [6.07, 6.45) is -1.38. The van der Waals surface area contributed by atoms with Crippen LogP contribution < -0.4 is 9.47 Å². The van der Waals surface area contributed by atoms with E-state index >= 15 is 0 Å². The zero-order valence-electron chi connectivity index (χ0n) is 18.2. The van der Waals surface area contributed by atoms with Gasteiger partial charge in [0.05, 0.1) is 13.2 Å². The molecule has 2 rings (SSSR count). The number of rotatable bonds is 9. The Morgan fingerprint density at radius 3 is 2.06 bits per heavy atom. The molecule has 2 aromatic rings. The van der Waals surface area contributed by atoms with Crippen molar-refractivity contribution in [1.29, 1.82) is 5.26 Å². The topological polar surface area (TPSA) is 132 Å². The molecule has 9 nitrogen and oxygen atoms in total. The van der Waals surface area contributed by atoms with Gasteiger partial charge >= 0.3 is 18.3 Å². The van der Waals surface area contributed by atoms with Crippen LogP contribution >= 0.6 is 0 Å². The standard InChI is InChI=1S/C24H23NO8/c1-3-30-23(28)32-20-13-11-17(14-21(20)33-24(29)31-4-2)18(19(15-25)22(26)27)12-10-16-8-6-5-7-9-16/h5-9,11,13-14H,3-4,10,12H2,1-2H3,(H,26,27). The van der Waals surface area contributed by atoms with Crippen molar-refractivity contribution in [3.05, 3.63) is 65.2 Å². The molecule has 0 unspecified atom stereocenters. The SMILES string of the molecule is CCOC(=O)Oc1ccc(C(CCc2ccccc2)=C(C#N)C(=O)O)cc1OC(=O)OCC. The van der Waals surface area contributed by atoms with Gasteiger partial charge in [-0.25, -0.2) is 14.4 Å². The van der Waals surface area contributed by atoms with E-state index in [1.807, 2.05) is 30.3 Å². The van der Waals surface area contributed by atoms with E-state index in [0.29, 0.717) is 12.0 Å². The maximum absolute atomic E-state index is 11.9. The van der Waals surface area contributed by atoms with E-state index in [9.17, 15) is 24.8 Å². The molecule has 0 radical (unpaired) electrons. The summed E-state index contributed by atoms with van der Waals surface area (Å²) in [5.74, 6) is -1.72. The fraction of sp³-hybridized carbons (Fsp3) is 0.250. The first-order chi connectivity index (χ1) is 15.9. The minimum atomic E-state index is -1.39. The van der Waals surface area contributed by atoms with Crippen LogP contribution in [0.3, 0.4) is 0 Å². The summed E-state index contributed by atoms with van der Waals surface area (Å²) in [4.78, 5) is 35.4. The third kappa shape index (κ3) is 7.40. The van der Waals surface area contributed by atoms with Crippen LogP contribution in [0.1, 0.15) is 31.4 Å². The van der Waals surface area contributed by atoms with Crippen LogP contribution in [0.5, 0.6) is 11.5 Å². The zero-order valence-corrected chi connectivity index (χ0v) is 18.2. The molecule has 33 heavy (non-hydrogen) atoms. The molecule has 0 aromatic heterocycles. The number of aliphatic carboxylic acids is 1. The Morgan fingerprint density at radius 2 is 1.52 bits per heavy atom. The third-order valence-electron chi connectivity index (χ3n) is 4.34. The van der Waals surface area contributed by atoms with Gasteiger partial charge in [0, 0.05) is 0 Å². The van der Waals surface area contributed by atoms with Gasteiger partial charge in [-0.2, -0.15) is 5.26 Å². The summed E-state index contributed by atoms with van der Waals surface area (Å²) >= 11 is 0. The lowest BCUT2D eigenvalue weighted by molar-refractivity contribution is -0.132. The van der Waals surface area contributed by atoms with Gasteiger partial charge in [0.2, 0.25) is 0 Å². The van der Waals surface area contributed by atoms with E-state index in [-0.39, 0.29) is 36.7 Å². The smallest absolute Gasteiger partial charge is 0.477 e. The molecule has 0 saturated heterocycles. The van der Waals surface area contributed by atoms with Crippen LogP contribution in [-0.2, 0) is 20.7 Å². The molecule has 0 amide bonds. The average Bonchev–Trinajstić information content (AvgIpc) is 2.78. The molecular formula is C24H23NO8. The molecule has 0 aliphatic rings. The number of carboxylic acid groups (broad SMARTS) is 1. The summed E-state index contributed by atoms with van der Waals surface area (Å²) in [6, 6.07) is 15.2. The molecule has 0 saturated carbocycles. The molecule has 2 aromatic carbocycles. The van der Waals surface area contributed by atoms with Gasteiger partial charge in [-0.05, 0) is 55.5 Å². The van der Waals surface area contributed by atoms with Crippen LogP contribution in [0.25, 0.3) is 5.57 Å². The molecule has 0 bridgehead atoms. The van der Waals surface area contributed by atoms with Crippen LogP contribution in [0.4, 0.5) is 9.59 Å². The van der Waals surface area contributed by atoms with E-state index in [1.54, 1.807) is 19.9 Å². The number of nitrogens with zero attached hydrogens (tertiary/aromatic N) is 1. The number of hydrogen-bond donors (Lipinski definition) is 1. The fourth-order valence-corrected chi connectivity index (χ4v) is 2.91. The predicted octanol–water partition coefficient (Wildman–Crippen LogP) is 4.75. The highest BCUT2D eigenvalue weighted by molar-refractivity contribution is 6.00. The number of hydrogen-bond acceptors (Lipinski definition) is 8. The Morgan fingerprint density at radius 1 is 0.909 bits per heavy atom. The minimum absolute atomic E-state index is 0.0480. The van der Waals surface area contributed by atoms with Gasteiger partial charge in [-0.1, -0.05) is 36.4 Å². The summed E-state index contributed by atoms with van der Waals surface area (Å²) < 4.78 is 19.7. The number of aryl methyl sites for hydroxylation is 1.